The van der Waals surface area contributed by atoms with Crippen molar-refractivity contribution in [2.24, 2.45) is 11.8 Å². The summed E-state index contributed by atoms with van der Waals surface area (Å²) in [6, 6.07) is 6.24. The highest BCUT2D eigenvalue weighted by Crippen LogP contribution is 2.33. The maximum absolute atomic E-state index is 12.9. The quantitative estimate of drug-likeness (QED) is 0.830. The molecule has 2 aliphatic heterocycles. The molecule has 28 heavy (non-hydrogen) atoms. The molecular weight excluding hydrogens is 356 g/mol. The van der Waals surface area contributed by atoms with Gasteiger partial charge in [-0.25, -0.2) is 0 Å². The van der Waals surface area contributed by atoms with Crippen LogP contribution in [0.15, 0.2) is 24.4 Å². The molecule has 2 aromatic rings. The van der Waals surface area contributed by atoms with Gasteiger partial charge in [0, 0.05) is 36.8 Å². The molecule has 2 atom stereocenters. The molecule has 150 valence electrons. The second-order valence-corrected chi connectivity index (χ2v) is 7.97. The molecule has 0 aliphatic carbocycles. The summed E-state index contributed by atoms with van der Waals surface area (Å²) in [5.74, 6) is -0.783. The van der Waals surface area contributed by atoms with E-state index < -0.39 is 11.9 Å². The molecule has 2 saturated heterocycles. The van der Waals surface area contributed by atoms with Gasteiger partial charge >= 0.3 is 5.97 Å². The van der Waals surface area contributed by atoms with Crippen LogP contribution < -0.4 is 0 Å². The third-order valence-corrected chi connectivity index (χ3v) is 6.42. The predicted octanol–water partition coefficient (Wildman–Crippen LogP) is 3.00. The van der Waals surface area contributed by atoms with E-state index >= 15 is 0 Å². The number of aryl methyl sites for hydroxylation is 1. The van der Waals surface area contributed by atoms with Crippen LogP contribution in [0.3, 0.4) is 0 Å². The second kappa shape index (κ2) is 7.95. The van der Waals surface area contributed by atoms with Gasteiger partial charge in [0.05, 0.1) is 18.4 Å². The summed E-state index contributed by atoms with van der Waals surface area (Å²) in [6.07, 6.45) is 5.34. The molecular formula is C22H28N2O4. The van der Waals surface area contributed by atoms with Crippen molar-refractivity contribution in [2.75, 3.05) is 19.7 Å². The SMILES string of the molecule is CCc1cccc2c(CC(=O)N3CCC([C@@H]4OCCC4C(=O)O)CC3)c[nH]c12. The number of carbonyl (C=O) groups is 2. The number of hydrogen-bond donors (Lipinski definition) is 2. The minimum atomic E-state index is -0.758. The number of benzene rings is 1. The molecule has 0 saturated carbocycles. The maximum atomic E-state index is 12.9. The van der Waals surface area contributed by atoms with Crippen LogP contribution in [-0.4, -0.2) is 52.7 Å². The number of amides is 1. The van der Waals surface area contributed by atoms with Gasteiger partial charge < -0.3 is 19.7 Å². The molecule has 1 aromatic heterocycles. The first kappa shape index (κ1) is 19.0. The van der Waals surface area contributed by atoms with Gasteiger partial charge in [0.15, 0.2) is 0 Å². The fraction of sp³-hybridized carbons (Fsp3) is 0.545. The zero-order valence-electron chi connectivity index (χ0n) is 16.3. The van der Waals surface area contributed by atoms with Crippen LogP contribution in [0, 0.1) is 11.8 Å². The van der Waals surface area contributed by atoms with Gasteiger partial charge in [-0.15, -0.1) is 0 Å². The number of ether oxygens (including phenoxy) is 1. The van der Waals surface area contributed by atoms with Gasteiger partial charge in [0.1, 0.15) is 0 Å². The Morgan fingerprint density at radius 3 is 2.71 bits per heavy atom. The highest BCUT2D eigenvalue weighted by molar-refractivity contribution is 5.90. The van der Waals surface area contributed by atoms with Gasteiger partial charge in [-0.1, -0.05) is 25.1 Å². The fourth-order valence-corrected chi connectivity index (χ4v) is 4.81. The maximum Gasteiger partial charge on any atom is 0.309 e. The third-order valence-electron chi connectivity index (χ3n) is 6.42. The number of piperidine rings is 1. The van der Waals surface area contributed by atoms with Crippen molar-refractivity contribution in [3.63, 3.8) is 0 Å². The molecule has 2 fully saturated rings. The van der Waals surface area contributed by atoms with Gasteiger partial charge in [0.25, 0.3) is 0 Å². The normalized spacial score (nSPS) is 23.4. The van der Waals surface area contributed by atoms with Crippen molar-refractivity contribution >= 4 is 22.8 Å². The summed E-state index contributed by atoms with van der Waals surface area (Å²) in [5, 5.41) is 10.5. The number of carbonyl (C=O) groups excluding carboxylic acids is 1. The molecule has 4 rings (SSSR count). The first-order valence-electron chi connectivity index (χ1n) is 10.3. The molecule has 1 aromatic carbocycles. The van der Waals surface area contributed by atoms with E-state index in [-0.39, 0.29) is 17.9 Å². The van der Waals surface area contributed by atoms with Crippen molar-refractivity contribution in [1.82, 2.24) is 9.88 Å². The zero-order chi connectivity index (χ0) is 19.7. The van der Waals surface area contributed by atoms with E-state index in [1.807, 2.05) is 11.1 Å². The lowest BCUT2D eigenvalue weighted by Crippen LogP contribution is -2.43. The Morgan fingerprint density at radius 1 is 1.21 bits per heavy atom. The third kappa shape index (κ3) is 3.53. The Hall–Kier alpha value is -2.34. The Bertz CT molecular complexity index is 867. The Balaban J connectivity index is 1.38. The fourth-order valence-electron chi connectivity index (χ4n) is 4.81. The molecule has 3 heterocycles. The largest absolute Gasteiger partial charge is 0.481 e. The number of aliphatic carboxylic acids is 1. The minimum Gasteiger partial charge on any atom is -0.481 e. The molecule has 0 spiro atoms. The average Bonchev–Trinajstić information content (AvgIpc) is 3.35. The van der Waals surface area contributed by atoms with Crippen molar-refractivity contribution in [2.45, 2.75) is 45.1 Å². The summed E-state index contributed by atoms with van der Waals surface area (Å²) in [6.45, 7) is 4.02. The number of H-pyrrole nitrogens is 1. The van der Waals surface area contributed by atoms with E-state index in [9.17, 15) is 14.7 Å². The van der Waals surface area contributed by atoms with E-state index in [2.05, 4.69) is 30.1 Å². The Labute approximate surface area is 164 Å². The number of aromatic amines is 1. The smallest absolute Gasteiger partial charge is 0.309 e. The molecule has 6 nitrogen and oxygen atoms in total. The monoisotopic (exact) mass is 384 g/mol. The number of carboxylic acids is 1. The number of nitrogens with one attached hydrogen (secondary N) is 1. The minimum absolute atomic E-state index is 0.142. The molecule has 6 heteroatoms. The first-order chi connectivity index (χ1) is 13.6. The lowest BCUT2D eigenvalue weighted by molar-refractivity contribution is -0.145. The average molecular weight is 384 g/mol. The second-order valence-electron chi connectivity index (χ2n) is 7.97. The number of para-hydroxylation sites is 1. The summed E-state index contributed by atoms with van der Waals surface area (Å²) in [5.41, 5.74) is 3.44. The van der Waals surface area contributed by atoms with Gasteiger partial charge in [-0.2, -0.15) is 0 Å². The number of rotatable bonds is 5. The van der Waals surface area contributed by atoms with Gasteiger partial charge in [-0.05, 0) is 42.7 Å². The number of hydrogen-bond acceptors (Lipinski definition) is 3. The zero-order valence-corrected chi connectivity index (χ0v) is 16.3. The van der Waals surface area contributed by atoms with Crippen molar-refractivity contribution in [1.29, 1.82) is 0 Å². The molecule has 0 bridgehead atoms. The van der Waals surface area contributed by atoms with Crippen molar-refractivity contribution in [3.05, 3.63) is 35.5 Å². The van der Waals surface area contributed by atoms with Crippen molar-refractivity contribution < 1.29 is 19.4 Å². The number of aromatic nitrogens is 1. The highest BCUT2D eigenvalue weighted by atomic mass is 16.5. The van der Waals surface area contributed by atoms with E-state index in [1.165, 1.54) is 5.56 Å². The van der Waals surface area contributed by atoms with Crippen LogP contribution >= 0.6 is 0 Å². The van der Waals surface area contributed by atoms with Crippen LogP contribution in [0.1, 0.15) is 37.3 Å². The summed E-state index contributed by atoms with van der Waals surface area (Å²) in [4.78, 5) is 29.5. The van der Waals surface area contributed by atoms with E-state index in [0.29, 0.717) is 32.5 Å². The number of nitrogens with zero attached hydrogens (tertiary/aromatic N) is 1. The predicted molar refractivity (Wildman–Crippen MR) is 106 cm³/mol. The van der Waals surface area contributed by atoms with Crippen molar-refractivity contribution in [3.8, 4) is 0 Å². The Kier molecular flexibility index (Phi) is 5.40. The molecule has 1 amide bonds. The number of fused-ring (bicyclic) bond motifs is 1. The Morgan fingerprint density at radius 2 is 2.00 bits per heavy atom. The molecule has 1 unspecified atom stereocenters. The lowest BCUT2D eigenvalue weighted by Gasteiger charge is -2.35. The van der Waals surface area contributed by atoms with Crippen LogP contribution in [0.25, 0.3) is 10.9 Å². The first-order valence-corrected chi connectivity index (χ1v) is 10.3. The van der Waals surface area contributed by atoms with Crippen LogP contribution in [-0.2, 0) is 27.2 Å². The summed E-state index contributed by atoms with van der Waals surface area (Å²) in [7, 11) is 0. The van der Waals surface area contributed by atoms with Crippen LogP contribution in [0.5, 0.6) is 0 Å². The van der Waals surface area contributed by atoms with E-state index in [4.69, 9.17) is 4.74 Å². The standard InChI is InChI=1S/C22H28N2O4/c1-2-14-4-3-5-17-16(13-23-20(14)17)12-19(25)24-9-6-15(7-10-24)21-18(22(26)27)8-11-28-21/h3-5,13,15,18,21,23H,2,6-12H2,1H3,(H,26,27)/t18?,21-/m0/s1. The van der Waals surface area contributed by atoms with E-state index in [0.717, 1.165) is 35.7 Å². The topological polar surface area (TPSA) is 82.6 Å². The number of carboxylic acid groups (broad SMARTS) is 1. The van der Waals surface area contributed by atoms with Crippen LogP contribution in [0.2, 0.25) is 0 Å². The summed E-state index contributed by atoms with van der Waals surface area (Å²) < 4.78 is 5.73. The van der Waals surface area contributed by atoms with E-state index in [1.54, 1.807) is 0 Å². The van der Waals surface area contributed by atoms with Crippen LogP contribution in [0.4, 0.5) is 0 Å². The van der Waals surface area contributed by atoms with Gasteiger partial charge in [-0.3, -0.25) is 9.59 Å². The molecule has 0 radical (unpaired) electrons. The lowest BCUT2D eigenvalue weighted by atomic mass is 9.84. The molecule has 2 aliphatic rings. The highest BCUT2D eigenvalue weighted by Gasteiger charge is 2.40. The van der Waals surface area contributed by atoms with Gasteiger partial charge in [0.2, 0.25) is 5.91 Å². The number of likely N-dealkylation sites (tertiary alicyclic amines) is 1. The summed E-state index contributed by atoms with van der Waals surface area (Å²) >= 11 is 0. The molecule has 2 N–H and O–H groups in total.